The Balaban J connectivity index is 3.18. The van der Waals surface area contributed by atoms with Gasteiger partial charge in [0, 0.05) is 13.2 Å². The van der Waals surface area contributed by atoms with E-state index in [1.54, 1.807) is 0 Å². The first-order chi connectivity index (χ1) is 6.72. The van der Waals surface area contributed by atoms with Crippen molar-refractivity contribution in [2.45, 2.75) is 38.5 Å². The van der Waals surface area contributed by atoms with Gasteiger partial charge >= 0.3 is 0 Å². The molecule has 0 aliphatic heterocycles. The summed E-state index contributed by atoms with van der Waals surface area (Å²) < 4.78 is 5.55. The minimum atomic E-state index is 0.592. The van der Waals surface area contributed by atoms with Gasteiger partial charge in [-0.25, -0.2) is 0 Å². The SMILES string of the molecule is CCCCCOCCN(C)C(C)SC. The van der Waals surface area contributed by atoms with Crippen LogP contribution in [-0.2, 0) is 4.74 Å². The fourth-order valence-corrected chi connectivity index (χ4v) is 1.59. The Morgan fingerprint density at radius 1 is 1.29 bits per heavy atom. The zero-order valence-corrected chi connectivity index (χ0v) is 10.9. The normalized spacial score (nSPS) is 13.5. The molecule has 0 radical (unpaired) electrons. The topological polar surface area (TPSA) is 12.5 Å². The molecule has 0 spiro atoms. The van der Waals surface area contributed by atoms with Crippen LogP contribution < -0.4 is 0 Å². The average molecular weight is 219 g/mol. The van der Waals surface area contributed by atoms with Crippen molar-refractivity contribution in [3.63, 3.8) is 0 Å². The maximum Gasteiger partial charge on any atom is 0.0593 e. The number of nitrogens with zero attached hydrogens (tertiary/aromatic N) is 1. The fourth-order valence-electron chi connectivity index (χ4n) is 1.13. The smallest absolute Gasteiger partial charge is 0.0593 e. The first-order valence-electron chi connectivity index (χ1n) is 5.53. The first kappa shape index (κ1) is 14.3. The minimum absolute atomic E-state index is 0.592. The van der Waals surface area contributed by atoms with Crippen molar-refractivity contribution in [3.8, 4) is 0 Å². The van der Waals surface area contributed by atoms with Crippen LogP contribution in [0, 0.1) is 0 Å². The van der Waals surface area contributed by atoms with Gasteiger partial charge in [0.25, 0.3) is 0 Å². The van der Waals surface area contributed by atoms with Crippen LogP contribution in [0.25, 0.3) is 0 Å². The molecular formula is C11H25NOS. The van der Waals surface area contributed by atoms with Gasteiger partial charge in [0.2, 0.25) is 0 Å². The lowest BCUT2D eigenvalue weighted by molar-refractivity contribution is 0.107. The molecule has 0 aliphatic rings. The van der Waals surface area contributed by atoms with Crippen molar-refractivity contribution in [2.24, 2.45) is 0 Å². The van der Waals surface area contributed by atoms with Crippen LogP contribution in [0.2, 0.25) is 0 Å². The molecule has 0 heterocycles. The second-order valence-corrected chi connectivity index (χ2v) is 4.79. The van der Waals surface area contributed by atoms with Gasteiger partial charge in [-0.2, -0.15) is 0 Å². The molecule has 0 saturated heterocycles. The first-order valence-corrected chi connectivity index (χ1v) is 6.82. The quantitative estimate of drug-likeness (QED) is 0.437. The van der Waals surface area contributed by atoms with E-state index in [1.165, 1.54) is 19.3 Å². The Morgan fingerprint density at radius 2 is 2.00 bits per heavy atom. The molecule has 1 unspecified atom stereocenters. The molecule has 0 aromatic rings. The highest BCUT2D eigenvalue weighted by atomic mass is 32.2. The molecule has 0 aliphatic carbocycles. The summed E-state index contributed by atoms with van der Waals surface area (Å²) in [5.41, 5.74) is 0. The van der Waals surface area contributed by atoms with Gasteiger partial charge in [-0.15, -0.1) is 11.8 Å². The van der Waals surface area contributed by atoms with Gasteiger partial charge < -0.3 is 4.74 Å². The van der Waals surface area contributed by atoms with E-state index in [0.717, 1.165) is 19.8 Å². The molecule has 0 saturated carbocycles. The number of ether oxygens (including phenoxy) is 1. The lowest BCUT2D eigenvalue weighted by Gasteiger charge is -2.22. The second-order valence-electron chi connectivity index (χ2n) is 3.64. The highest BCUT2D eigenvalue weighted by molar-refractivity contribution is 7.99. The minimum Gasteiger partial charge on any atom is -0.380 e. The van der Waals surface area contributed by atoms with Gasteiger partial charge in [-0.3, -0.25) is 4.90 Å². The summed E-state index contributed by atoms with van der Waals surface area (Å²) in [4.78, 5) is 2.32. The van der Waals surface area contributed by atoms with Gasteiger partial charge in [-0.1, -0.05) is 19.8 Å². The van der Waals surface area contributed by atoms with Crippen LogP contribution in [0.1, 0.15) is 33.1 Å². The molecule has 0 bridgehead atoms. The molecule has 0 amide bonds. The molecule has 3 heteroatoms. The maximum atomic E-state index is 5.55. The molecule has 2 nitrogen and oxygen atoms in total. The van der Waals surface area contributed by atoms with Crippen molar-refractivity contribution < 1.29 is 4.74 Å². The number of hydrogen-bond acceptors (Lipinski definition) is 3. The standard InChI is InChI=1S/C11H25NOS/c1-5-6-7-9-13-10-8-12(3)11(2)14-4/h11H,5-10H2,1-4H3. The van der Waals surface area contributed by atoms with E-state index in [4.69, 9.17) is 4.74 Å². The van der Waals surface area contributed by atoms with Crippen molar-refractivity contribution in [1.82, 2.24) is 4.90 Å². The summed E-state index contributed by atoms with van der Waals surface area (Å²) in [6, 6.07) is 0. The lowest BCUT2D eigenvalue weighted by Crippen LogP contribution is -2.29. The monoisotopic (exact) mass is 219 g/mol. The number of likely N-dealkylation sites (N-methyl/N-ethyl adjacent to an activating group) is 1. The van der Waals surface area contributed by atoms with E-state index < -0.39 is 0 Å². The largest absolute Gasteiger partial charge is 0.380 e. The average Bonchev–Trinajstić information content (AvgIpc) is 2.21. The third-order valence-corrected chi connectivity index (χ3v) is 3.48. The molecule has 0 aromatic heterocycles. The van der Waals surface area contributed by atoms with Crippen LogP contribution >= 0.6 is 11.8 Å². The van der Waals surface area contributed by atoms with E-state index in [0.29, 0.717) is 5.37 Å². The van der Waals surface area contributed by atoms with Gasteiger partial charge in [0.1, 0.15) is 0 Å². The van der Waals surface area contributed by atoms with Gasteiger partial charge in [0.05, 0.1) is 12.0 Å². The van der Waals surface area contributed by atoms with E-state index in [9.17, 15) is 0 Å². The lowest BCUT2D eigenvalue weighted by atomic mass is 10.3. The highest BCUT2D eigenvalue weighted by Crippen LogP contribution is 2.08. The van der Waals surface area contributed by atoms with Crippen LogP contribution in [-0.4, -0.2) is 43.3 Å². The Hall–Kier alpha value is 0.270. The Labute approximate surface area is 93.4 Å². The zero-order chi connectivity index (χ0) is 10.8. The fraction of sp³-hybridized carbons (Fsp3) is 1.00. The van der Waals surface area contributed by atoms with Gasteiger partial charge in [-0.05, 0) is 26.6 Å². The summed E-state index contributed by atoms with van der Waals surface area (Å²) in [5.74, 6) is 0. The molecule has 0 aromatic carbocycles. The summed E-state index contributed by atoms with van der Waals surface area (Å²) in [7, 11) is 2.15. The van der Waals surface area contributed by atoms with Crippen LogP contribution in [0.5, 0.6) is 0 Å². The van der Waals surface area contributed by atoms with Crippen molar-refractivity contribution >= 4 is 11.8 Å². The van der Waals surface area contributed by atoms with E-state index in [-0.39, 0.29) is 0 Å². The molecule has 86 valence electrons. The third-order valence-electron chi connectivity index (χ3n) is 2.44. The Morgan fingerprint density at radius 3 is 2.57 bits per heavy atom. The van der Waals surface area contributed by atoms with Gasteiger partial charge in [0.15, 0.2) is 0 Å². The van der Waals surface area contributed by atoms with Crippen molar-refractivity contribution in [1.29, 1.82) is 0 Å². The number of unbranched alkanes of at least 4 members (excludes halogenated alkanes) is 2. The summed E-state index contributed by atoms with van der Waals surface area (Å²) in [6.07, 6.45) is 5.91. The third kappa shape index (κ3) is 7.65. The second kappa shape index (κ2) is 9.81. The molecular weight excluding hydrogens is 194 g/mol. The molecule has 0 N–H and O–H groups in total. The van der Waals surface area contributed by atoms with Crippen molar-refractivity contribution in [2.75, 3.05) is 33.1 Å². The molecule has 1 atom stereocenters. The predicted molar refractivity (Wildman–Crippen MR) is 66.0 cm³/mol. The Bertz CT molecular complexity index is 122. The summed E-state index contributed by atoms with van der Waals surface area (Å²) >= 11 is 1.88. The predicted octanol–water partition coefficient (Wildman–Crippen LogP) is 2.83. The number of hydrogen-bond donors (Lipinski definition) is 0. The maximum absolute atomic E-state index is 5.55. The number of rotatable bonds is 9. The number of thioether (sulfide) groups is 1. The van der Waals surface area contributed by atoms with Crippen LogP contribution in [0.3, 0.4) is 0 Å². The summed E-state index contributed by atoms with van der Waals surface area (Å²) in [5, 5.41) is 0.592. The van der Waals surface area contributed by atoms with Crippen molar-refractivity contribution in [3.05, 3.63) is 0 Å². The van der Waals surface area contributed by atoms with E-state index >= 15 is 0 Å². The zero-order valence-electron chi connectivity index (χ0n) is 10.1. The summed E-state index contributed by atoms with van der Waals surface area (Å²) in [6.45, 7) is 7.27. The molecule has 0 rings (SSSR count). The van der Waals surface area contributed by atoms with E-state index in [1.807, 2.05) is 11.8 Å². The Kier molecular flexibility index (Phi) is 10.0. The molecule has 0 fully saturated rings. The highest BCUT2D eigenvalue weighted by Gasteiger charge is 2.05. The van der Waals surface area contributed by atoms with E-state index in [2.05, 4.69) is 32.1 Å². The molecule has 14 heavy (non-hydrogen) atoms. The van der Waals surface area contributed by atoms with Crippen LogP contribution in [0.4, 0.5) is 0 Å². The van der Waals surface area contributed by atoms with Crippen LogP contribution in [0.15, 0.2) is 0 Å².